The standard InChI is InChI=1S/C64H117NO5/c1-4-7-10-13-16-19-22-25-28-31-33-36-39-42-45-48-51-54-57-64(69)70-60(55-52-49-46-43-40-37-34-32-29-26-23-20-17-14-11-8-5-2)58-63(68)65-61(59-66)62(67)56-53-50-47-44-41-38-35-30-27-24-21-18-15-12-9-6-3/h10,13,16,19,22,25,28,31,33,36,60-62,66-67H,4-9,11-12,14-15,17-18,20-21,23-24,26-27,29-30,32,34-35,37-59H2,1-3H3,(H,65,68)/b13-10+,19-16+,25-22+,31-28+,36-33+. The Morgan fingerprint density at radius 3 is 1.16 bits per heavy atom. The number of hydrogen-bond acceptors (Lipinski definition) is 5. The van der Waals surface area contributed by atoms with E-state index in [1.54, 1.807) is 0 Å². The van der Waals surface area contributed by atoms with Crippen LogP contribution < -0.4 is 5.32 Å². The molecule has 3 atom stereocenters. The summed E-state index contributed by atoms with van der Waals surface area (Å²) in [5.74, 6) is -0.488. The van der Waals surface area contributed by atoms with E-state index in [4.69, 9.17) is 4.74 Å². The molecule has 408 valence electrons. The minimum Gasteiger partial charge on any atom is -0.462 e. The molecular formula is C64H117NO5. The first-order valence-corrected chi connectivity index (χ1v) is 30.6. The number of aliphatic hydroxyl groups excluding tert-OH is 2. The van der Waals surface area contributed by atoms with Crippen molar-refractivity contribution in [2.75, 3.05) is 6.61 Å². The van der Waals surface area contributed by atoms with Gasteiger partial charge >= 0.3 is 5.97 Å². The number of ether oxygens (including phenoxy) is 1. The second-order valence-electron chi connectivity index (χ2n) is 20.9. The molecule has 0 radical (unpaired) electrons. The number of allylic oxidation sites excluding steroid dienone is 10. The number of aliphatic hydroxyl groups is 2. The molecular weight excluding hydrogens is 863 g/mol. The molecule has 0 bridgehead atoms. The number of hydrogen-bond donors (Lipinski definition) is 3. The van der Waals surface area contributed by atoms with Gasteiger partial charge in [-0.25, -0.2) is 0 Å². The molecule has 0 aromatic carbocycles. The van der Waals surface area contributed by atoms with Gasteiger partial charge in [0.25, 0.3) is 0 Å². The SMILES string of the molecule is CCC/C=C/C=C/C=C/C=C/C=C/CCCCCCCC(=O)OC(CCCCCCCCCCCCCCCCCCC)CC(=O)NC(CO)C(O)CCCCCCCCCCCCCCCCCC. The Balaban J connectivity index is 4.59. The van der Waals surface area contributed by atoms with Crippen molar-refractivity contribution in [1.82, 2.24) is 5.32 Å². The number of rotatable bonds is 55. The quantitative estimate of drug-likeness (QED) is 0.0321. The number of unbranched alkanes of at least 4 members (excludes halogenated alkanes) is 37. The second kappa shape index (κ2) is 57.5. The van der Waals surface area contributed by atoms with Crippen molar-refractivity contribution < 1.29 is 24.5 Å². The highest BCUT2D eigenvalue weighted by atomic mass is 16.5. The lowest BCUT2D eigenvalue weighted by atomic mass is 10.0. The highest BCUT2D eigenvalue weighted by Gasteiger charge is 2.24. The number of esters is 1. The molecule has 0 heterocycles. The molecule has 0 saturated carbocycles. The number of carbonyl (C=O) groups excluding carboxylic acids is 2. The molecule has 70 heavy (non-hydrogen) atoms. The van der Waals surface area contributed by atoms with Crippen molar-refractivity contribution in [2.45, 2.75) is 328 Å². The molecule has 0 spiro atoms. The largest absolute Gasteiger partial charge is 0.462 e. The molecule has 1 amide bonds. The third kappa shape index (κ3) is 51.9. The van der Waals surface area contributed by atoms with Gasteiger partial charge in [-0.15, -0.1) is 0 Å². The Morgan fingerprint density at radius 1 is 0.414 bits per heavy atom. The Labute approximate surface area is 435 Å². The molecule has 3 N–H and O–H groups in total. The number of carbonyl (C=O) groups is 2. The van der Waals surface area contributed by atoms with Crippen LogP contribution in [0.1, 0.15) is 310 Å². The van der Waals surface area contributed by atoms with Gasteiger partial charge < -0.3 is 20.3 Å². The van der Waals surface area contributed by atoms with E-state index < -0.39 is 18.2 Å². The van der Waals surface area contributed by atoms with Crippen molar-refractivity contribution in [1.29, 1.82) is 0 Å². The zero-order chi connectivity index (χ0) is 50.9. The summed E-state index contributed by atoms with van der Waals surface area (Å²) in [5, 5.41) is 24.0. The highest BCUT2D eigenvalue weighted by Crippen LogP contribution is 2.19. The minimum absolute atomic E-state index is 0.0691. The Hall–Kier alpha value is -2.44. The fourth-order valence-electron chi connectivity index (χ4n) is 9.35. The van der Waals surface area contributed by atoms with Gasteiger partial charge in [0, 0.05) is 6.42 Å². The summed E-state index contributed by atoms with van der Waals surface area (Å²) in [7, 11) is 0. The maximum atomic E-state index is 13.3. The fourth-order valence-corrected chi connectivity index (χ4v) is 9.35. The number of nitrogens with one attached hydrogen (secondary N) is 1. The van der Waals surface area contributed by atoms with Crippen molar-refractivity contribution >= 4 is 11.9 Å². The van der Waals surface area contributed by atoms with Crippen LogP contribution in [0.5, 0.6) is 0 Å². The molecule has 0 aliphatic carbocycles. The predicted molar refractivity (Wildman–Crippen MR) is 305 cm³/mol. The smallest absolute Gasteiger partial charge is 0.306 e. The molecule has 0 saturated heterocycles. The van der Waals surface area contributed by atoms with E-state index in [1.165, 1.54) is 186 Å². The van der Waals surface area contributed by atoms with Crippen molar-refractivity contribution in [3.8, 4) is 0 Å². The zero-order valence-electron chi connectivity index (χ0n) is 46.7. The highest BCUT2D eigenvalue weighted by molar-refractivity contribution is 5.77. The molecule has 6 nitrogen and oxygen atoms in total. The fraction of sp³-hybridized carbons (Fsp3) is 0.812. The summed E-state index contributed by atoms with van der Waals surface area (Å²) < 4.78 is 5.97. The lowest BCUT2D eigenvalue weighted by Crippen LogP contribution is -2.46. The van der Waals surface area contributed by atoms with E-state index in [0.717, 1.165) is 77.0 Å². The summed E-state index contributed by atoms with van der Waals surface area (Å²) in [6.45, 7) is 6.44. The first-order valence-electron chi connectivity index (χ1n) is 30.6. The first-order chi connectivity index (χ1) is 34.5. The van der Waals surface area contributed by atoms with E-state index >= 15 is 0 Å². The van der Waals surface area contributed by atoms with Crippen LogP contribution in [0, 0.1) is 0 Å². The monoisotopic (exact) mass is 980 g/mol. The normalized spacial score (nSPS) is 13.5. The average molecular weight is 981 g/mol. The van der Waals surface area contributed by atoms with Crippen LogP contribution in [0.4, 0.5) is 0 Å². The second-order valence-corrected chi connectivity index (χ2v) is 20.9. The zero-order valence-corrected chi connectivity index (χ0v) is 46.7. The van der Waals surface area contributed by atoms with E-state index in [-0.39, 0.29) is 24.9 Å². The summed E-state index contributed by atoms with van der Waals surface area (Å²) >= 11 is 0. The summed E-state index contributed by atoms with van der Waals surface area (Å²) in [4.78, 5) is 26.4. The van der Waals surface area contributed by atoms with Crippen molar-refractivity contribution in [3.05, 3.63) is 60.8 Å². The van der Waals surface area contributed by atoms with Gasteiger partial charge in [-0.3, -0.25) is 9.59 Å². The van der Waals surface area contributed by atoms with Crippen LogP contribution >= 0.6 is 0 Å². The van der Waals surface area contributed by atoms with Gasteiger partial charge in [0.15, 0.2) is 0 Å². The van der Waals surface area contributed by atoms with Crippen LogP contribution in [0.3, 0.4) is 0 Å². The third-order valence-electron chi connectivity index (χ3n) is 14.0. The average Bonchev–Trinajstić information content (AvgIpc) is 3.35. The lowest BCUT2D eigenvalue weighted by molar-refractivity contribution is -0.151. The maximum absolute atomic E-state index is 13.3. The topological polar surface area (TPSA) is 95.9 Å². The Bertz CT molecular complexity index is 1240. The van der Waals surface area contributed by atoms with E-state index in [1.807, 2.05) is 24.3 Å². The van der Waals surface area contributed by atoms with Crippen LogP contribution in [-0.2, 0) is 14.3 Å². The van der Waals surface area contributed by atoms with Gasteiger partial charge in [-0.2, -0.15) is 0 Å². The lowest BCUT2D eigenvalue weighted by Gasteiger charge is -2.24. The molecule has 0 aliphatic rings. The Kier molecular flexibility index (Phi) is 55.5. The summed E-state index contributed by atoms with van der Waals surface area (Å²) in [6, 6.07) is -0.708. The number of amides is 1. The molecule has 0 fully saturated rings. The van der Waals surface area contributed by atoms with Gasteiger partial charge in [0.2, 0.25) is 5.91 Å². The van der Waals surface area contributed by atoms with Crippen molar-refractivity contribution in [3.63, 3.8) is 0 Å². The molecule has 0 aliphatic heterocycles. The van der Waals surface area contributed by atoms with Gasteiger partial charge in [0.05, 0.1) is 25.2 Å². The maximum Gasteiger partial charge on any atom is 0.306 e. The summed E-state index contributed by atoms with van der Waals surface area (Å²) in [6.07, 6.45) is 72.8. The van der Waals surface area contributed by atoms with Crippen LogP contribution in [-0.4, -0.2) is 46.9 Å². The van der Waals surface area contributed by atoms with E-state index in [0.29, 0.717) is 19.3 Å². The molecule has 0 rings (SSSR count). The minimum atomic E-state index is -0.794. The summed E-state index contributed by atoms with van der Waals surface area (Å²) in [5.41, 5.74) is 0. The Morgan fingerprint density at radius 2 is 0.757 bits per heavy atom. The van der Waals surface area contributed by atoms with Gasteiger partial charge in [-0.05, 0) is 44.9 Å². The molecule has 0 aromatic rings. The molecule has 6 heteroatoms. The van der Waals surface area contributed by atoms with Crippen molar-refractivity contribution in [2.24, 2.45) is 0 Å². The van der Waals surface area contributed by atoms with E-state index in [2.05, 4.69) is 62.5 Å². The predicted octanol–water partition coefficient (Wildman–Crippen LogP) is 19.1. The van der Waals surface area contributed by atoms with Gasteiger partial charge in [-0.1, -0.05) is 313 Å². The van der Waals surface area contributed by atoms with E-state index in [9.17, 15) is 19.8 Å². The van der Waals surface area contributed by atoms with Crippen LogP contribution in [0.2, 0.25) is 0 Å². The third-order valence-corrected chi connectivity index (χ3v) is 14.0. The van der Waals surface area contributed by atoms with Crippen LogP contribution in [0.25, 0.3) is 0 Å². The van der Waals surface area contributed by atoms with Gasteiger partial charge in [0.1, 0.15) is 6.10 Å². The first kappa shape index (κ1) is 67.6. The molecule has 3 unspecified atom stereocenters. The molecule has 0 aromatic heterocycles. The van der Waals surface area contributed by atoms with Crippen LogP contribution in [0.15, 0.2) is 60.8 Å².